The number of nitrogens with zero attached hydrogens (tertiary/aromatic N) is 4. The number of hydrogen-bond donors (Lipinski definition) is 1. The minimum atomic E-state index is 0.0939. The maximum absolute atomic E-state index is 5.69. The van der Waals surface area contributed by atoms with Gasteiger partial charge in [0.1, 0.15) is 12.1 Å². The summed E-state index contributed by atoms with van der Waals surface area (Å²) in [7, 11) is 0. The standard InChI is InChI=1S/C24H23N5O/c1-24(2,3)18-10-11-21-20(14-18)26-16-28(21)19-8-6-7-17(13-19)22-15-29(27-30-22)23-9-4-5-12-25-23/h4-16,27H,1-3H3. The van der Waals surface area contributed by atoms with Crippen LogP contribution in [0.2, 0.25) is 0 Å². The molecule has 0 amide bonds. The van der Waals surface area contributed by atoms with Crippen LogP contribution in [0.1, 0.15) is 31.9 Å². The predicted molar refractivity (Wildman–Crippen MR) is 119 cm³/mol. The molecular weight excluding hydrogens is 374 g/mol. The van der Waals surface area contributed by atoms with E-state index in [-0.39, 0.29) is 5.41 Å². The van der Waals surface area contributed by atoms with Gasteiger partial charge >= 0.3 is 0 Å². The van der Waals surface area contributed by atoms with Crippen LogP contribution in [0.5, 0.6) is 0 Å². The number of imidazole rings is 1. The van der Waals surface area contributed by atoms with Gasteiger partial charge < -0.3 is 4.84 Å². The van der Waals surface area contributed by atoms with Crippen molar-refractivity contribution in [1.82, 2.24) is 20.1 Å². The van der Waals surface area contributed by atoms with E-state index in [1.54, 1.807) is 11.2 Å². The molecule has 1 N–H and O–H groups in total. The Morgan fingerprint density at radius 3 is 2.63 bits per heavy atom. The molecule has 6 nitrogen and oxygen atoms in total. The van der Waals surface area contributed by atoms with E-state index in [0.717, 1.165) is 33.9 Å². The third-order valence-electron chi connectivity index (χ3n) is 5.22. The lowest BCUT2D eigenvalue weighted by atomic mass is 9.87. The molecule has 1 aliphatic rings. The monoisotopic (exact) mass is 397 g/mol. The molecule has 150 valence electrons. The van der Waals surface area contributed by atoms with Gasteiger partial charge in [-0.15, -0.1) is 0 Å². The van der Waals surface area contributed by atoms with Gasteiger partial charge in [0.25, 0.3) is 0 Å². The van der Waals surface area contributed by atoms with Gasteiger partial charge in [-0.2, -0.15) is 0 Å². The summed E-state index contributed by atoms with van der Waals surface area (Å²) in [6.07, 6.45) is 5.51. The van der Waals surface area contributed by atoms with Crippen molar-refractivity contribution in [2.45, 2.75) is 26.2 Å². The first-order valence-corrected chi connectivity index (χ1v) is 9.92. The van der Waals surface area contributed by atoms with Gasteiger partial charge in [-0.25, -0.2) is 15.0 Å². The summed E-state index contributed by atoms with van der Waals surface area (Å²) in [6, 6.07) is 20.4. The van der Waals surface area contributed by atoms with Gasteiger partial charge in [-0.05, 0) is 47.4 Å². The number of anilines is 1. The van der Waals surface area contributed by atoms with Crippen molar-refractivity contribution in [2.24, 2.45) is 0 Å². The number of rotatable bonds is 3. The summed E-state index contributed by atoms with van der Waals surface area (Å²) < 4.78 is 2.10. The molecular formula is C24H23N5O. The van der Waals surface area contributed by atoms with Gasteiger partial charge in [-0.3, -0.25) is 4.57 Å². The highest BCUT2D eigenvalue weighted by Gasteiger charge is 2.19. The van der Waals surface area contributed by atoms with Crippen molar-refractivity contribution in [3.63, 3.8) is 0 Å². The highest BCUT2D eigenvalue weighted by Crippen LogP contribution is 2.28. The Balaban J connectivity index is 1.49. The Morgan fingerprint density at radius 1 is 0.933 bits per heavy atom. The molecule has 0 aliphatic carbocycles. The molecule has 0 saturated heterocycles. The van der Waals surface area contributed by atoms with E-state index < -0.39 is 0 Å². The van der Waals surface area contributed by atoms with E-state index in [2.05, 4.69) is 71.2 Å². The second-order valence-corrected chi connectivity index (χ2v) is 8.36. The van der Waals surface area contributed by atoms with Gasteiger partial charge in [-0.1, -0.05) is 50.6 Å². The maximum Gasteiger partial charge on any atom is 0.174 e. The number of fused-ring (bicyclic) bond motifs is 1. The lowest BCUT2D eigenvalue weighted by Crippen LogP contribution is -2.27. The van der Waals surface area contributed by atoms with E-state index in [9.17, 15) is 0 Å². The Hall–Kier alpha value is -3.64. The molecule has 0 fully saturated rings. The molecule has 1 aliphatic heterocycles. The first-order valence-electron chi connectivity index (χ1n) is 9.92. The van der Waals surface area contributed by atoms with E-state index in [0.29, 0.717) is 0 Å². The molecule has 6 heteroatoms. The zero-order valence-corrected chi connectivity index (χ0v) is 17.2. The van der Waals surface area contributed by atoms with Crippen molar-refractivity contribution < 1.29 is 4.84 Å². The average Bonchev–Trinajstić information content (AvgIpc) is 3.41. The van der Waals surface area contributed by atoms with E-state index in [1.165, 1.54) is 5.56 Å². The number of pyridine rings is 1. The van der Waals surface area contributed by atoms with Crippen molar-refractivity contribution >= 4 is 22.6 Å². The zero-order valence-electron chi connectivity index (χ0n) is 17.2. The summed E-state index contributed by atoms with van der Waals surface area (Å²) in [5.74, 6) is 1.49. The number of aromatic nitrogens is 3. The summed E-state index contributed by atoms with van der Waals surface area (Å²) in [6.45, 7) is 6.64. The third kappa shape index (κ3) is 3.31. The van der Waals surface area contributed by atoms with Crippen LogP contribution in [0.25, 0.3) is 22.5 Å². The number of hydrogen-bond acceptors (Lipinski definition) is 5. The molecule has 2 aromatic carbocycles. The molecule has 5 rings (SSSR count). The van der Waals surface area contributed by atoms with Gasteiger partial charge in [0.15, 0.2) is 5.76 Å². The van der Waals surface area contributed by atoms with Gasteiger partial charge in [0.05, 0.1) is 17.2 Å². The molecule has 0 bridgehead atoms. The Morgan fingerprint density at radius 2 is 1.83 bits per heavy atom. The van der Waals surface area contributed by atoms with Crippen molar-refractivity contribution in [3.8, 4) is 5.69 Å². The highest BCUT2D eigenvalue weighted by molar-refractivity contribution is 5.79. The lowest BCUT2D eigenvalue weighted by molar-refractivity contribution is 0.179. The molecule has 0 radical (unpaired) electrons. The van der Waals surface area contributed by atoms with Crippen molar-refractivity contribution in [1.29, 1.82) is 0 Å². The molecule has 2 aromatic heterocycles. The normalized spacial score (nSPS) is 14.1. The van der Waals surface area contributed by atoms with Crippen LogP contribution in [0, 0.1) is 0 Å². The first kappa shape index (κ1) is 18.4. The summed E-state index contributed by atoms with van der Waals surface area (Å²) in [5, 5.41) is 1.75. The molecule has 0 saturated carbocycles. The van der Waals surface area contributed by atoms with Gasteiger partial charge in [0.2, 0.25) is 0 Å². The highest BCUT2D eigenvalue weighted by atomic mass is 16.7. The molecule has 0 atom stereocenters. The zero-order chi connectivity index (χ0) is 20.7. The van der Waals surface area contributed by atoms with Crippen LogP contribution in [0.15, 0.2) is 79.4 Å². The smallest absolute Gasteiger partial charge is 0.174 e. The summed E-state index contributed by atoms with van der Waals surface area (Å²) in [4.78, 5) is 14.7. The van der Waals surface area contributed by atoms with Crippen LogP contribution >= 0.6 is 0 Å². The Labute approximate surface area is 175 Å². The quantitative estimate of drug-likeness (QED) is 0.529. The molecule has 0 spiro atoms. The van der Waals surface area contributed by atoms with E-state index in [1.807, 2.05) is 42.9 Å². The molecule has 3 heterocycles. The number of nitrogens with one attached hydrogen (secondary N) is 1. The number of benzene rings is 2. The van der Waals surface area contributed by atoms with Crippen molar-refractivity contribution in [3.05, 3.63) is 90.5 Å². The Kier molecular flexibility index (Phi) is 4.29. The maximum atomic E-state index is 5.69. The van der Waals surface area contributed by atoms with Crippen LogP contribution < -0.4 is 10.6 Å². The molecule has 30 heavy (non-hydrogen) atoms. The average molecular weight is 397 g/mol. The SMILES string of the molecule is CC(C)(C)c1ccc2c(c1)ncn2-c1cccc(C2=CN(c3ccccn3)NO2)c1. The van der Waals surface area contributed by atoms with E-state index in [4.69, 9.17) is 4.84 Å². The second kappa shape index (κ2) is 7.00. The summed E-state index contributed by atoms with van der Waals surface area (Å²) in [5.41, 5.74) is 8.32. The minimum Gasteiger partial charge on any atom is -0.386 e. The fraction of sp³-hybridized carbons (Fsp3) is 0.167. The Bertz CT molecular complexity index is 1240. The van der Waals surface area contributed by atoms with Crippen LogP contribution in [-0.4, -0.2) is 14.5 Å². The van der Waals surface area contributed by atoms with E-state index >= 15 is 0 Å². The van der Waals surface area contributed by atoms with Gasteiger partial charge in [0, 0.05) is 17.4 Å². The number of hydrazine groups is 1. The lowest BCUT2D eigenvalue weighted by Gasteiger charge is -2.18. The fourth-order valence-corrected chi connectivity index (χ4v) is 3.50. The minimum absolute atomic E-state index is 0.0939. The van der Waals surface area contributed by atoms with Crippen molar-refractivity contribution in [2.75, 3.05) is 5.01 Å². The van der Waals surface area contributed by atoms with Crippen LogP contribution in [0.3, 0.4) is 0 Å². The fourth-order valence-electron chi connectivity index (χ4n) is 3.50. The van der Waals surface area contributed by atoms with Crippen LogP contribution in [-0.2, 0) is 10.3 Å². The van der Waals surface area contributed by atoms with Crippen LogP contribution in [0.4, 0.5) is 5.82 Å². The second-order valence-electron chi connectivity index (χ2n) is 8.36. The topological polar surface area (TPSA) is 55.2 Å². The summed E-state index contributed by atoms with van der Waals surface area (Å²) >= 11 is 0. The predicted octanol–water partition coefficient (Wildman–Crippen LogP) is 4.97. The third-order valence-corrected chi connectivity index (χ3v) is 5.22. The first-order chi connectivity index (χ1) is 14.5. The molecule has 0 unspecified atom stereocenters. The molecule has 4 aromatic rings. The largest absolute Gasteiger partial charge is 0.386 e.